The molecule has 1 aliphatic heterocycles. The third kappa shape index (κ3) is 5.48. The van der Waals surface area contributed by atoms with Crippen LogP contribution in [0.15, 0.2) is 71.6 Å². The Morgan fingerprint density at radius 1 is 1.00 bits per heavy atom. The minimum absolute atomic E-state index is 0.00480. The van der Waals surface area contributed by atoms with Crippen LogP contribution in [-0.4, -0.2) is 39.6 Å². The number of nitrogens with one attached hydrogen (secondary N) is 1. The first-order valence-corrected chi connectivity index (χ1v) is 12.2. The van der Waals surface area contributed by atoms with Crippen molar-refractivity contribution in [1.82, 2.24) is 4.90 Å². The molecule has 1 fully saturated rings. The second-order valence-corrected chi connectivity index (χ2v) is 10.0. The van der Waals surface area contributed by atoms with Crippen molar-refractivity contribution in [3.63, 3.8) is 0 Å². The van der Waals surface area contributed by atoms with Crippen LogP contribution in [0.25, 0.3) is 0 Å². The maximum Gasteiger partial charge on any atom is 0.265 e. The van der Waals surface area contributed by atoms with E-state index in [9.17, 15) is 8.42 Å². The summed E-state index contributed by atoms with van der Waals surface area (Å²) >= 11 is 12.3. The van der Waals surface area contributed by atoms with Gasteiger partial charge in [-0.3, -0.25) is 4.72 Å². The van der Waals surface area contributed by atoms with Gasteiger partial charge in [-0.1, -0.05) is 41.4 Å². The first kappa shape index (κ1) is 22.7. The molecule has 1 heterocycles. The van der Waals surface area contributed by atoms with Crippen LogP contribution in [0.2, 0.25) is 10.0 Å². The Morgan fingerprint density at radius 3 is 2.56 bits per heavy atom. The van der Waals surface area contributed by atoms with Crippen LogP contribution in [0.4, 0.5) is 5.69 Å². The highest BCUT2D eigenvalue weighted by atomic mass is 35.5. The summed E-state index contributed by atoms with van der Waals surface area (Å²) < 4.78 is 40.7. The maximum atomic E-state index is 13.2. The Hall–Kier alpha value is -2.45. The zero-order valence-electron chi connectivity index (χ0n) is 17.3. The summed E-state index contributed by atoms with van der Waals surface area (Å²) in [5, 5.41) is 0.912. The minimum atomic E-state index is -3.95. The van der Waals surface area contributed by atoms with Gasteiger partial charge in [0.05, 0.1) is 10.7 Å². The molecule has 0 aliphatic carbocycles. The molecule has 32 heavy (non-hydrogen) atoms. The summed E-state index contributed by atoms with van der Waals surface area (Å²) in [4.78, 5) is 2.16. The Kier molecular flexibility index (Phi) is 6.81. The molecule has 1 aliphatic rings. The van der Waals surface area contributed by atoms with Crippen molar-refractivity contribution in [3.8, 4) is 17.2 Å². The minimum Gasteiger partial charge on any atom is -0.487 e. The van der Waals surface area contributed by atoms with E-state index >= 15 is 0 Å². The molecular formula is C23H22Cl2N2O4S. The molecule has 9 heteroatoms. The zero-order valence-corrected chi connectivity index (χ0v) is 19.6. The van der Waals surface area contributed by atoms with Crippen molar-refractivity contribution in [2.75, 3.05) is 24.9 Å². The molecule has 4 rings (SSSR count). The lowest BCUT2D eigenvalue weighted by Gasteiger charge is -2.17. The topological polar surface area (TPSA) is 67.9 Å². The predicted octanol–water partition coefficient (Wildman–Crippen LogP) is 5.67. The average Bonchev–Trinajstić information content (AvgIpc) is 3.15. The van der Waals surface area contributed by atoms with E-state index in [0.29, 0.717) is 27.2 Å². The van der Waals surface area contributed by atoms with E-state index in [1.165, 1.54) is 6.07 Å². The highest BCUT2D eigenvalue weighted by Gasteiger charge is 2.23. The molecule has 3 aromatic carbocycles. The number of nitrogens with zero attached hydrogens (tertiary/aromatic N) is 1. The third-order valence-electron chi connectivity index (χ3n) is 4.99. The SMILES string of the molecule is CN1CCC(Oc2cc(NS(=O)(=O)c3ccccc3Oc3cccc(Cl)c3)ccc2Cl)C1. The van der Waals surface area contributed by atoms with E-state index in [2.05, 4.69) is 9.62 Å². The van der Waals surface area contributed by atoms with E-state index in [4.69, 9.17) is 32.7 Å². The molecule has 0 saturated carbocycles. The molecule has 0 spiro atoms. The molecule has 1 N–H and O–H groups in total. The molecule has 168 valence electrons. The highest BCUT2D eigenvalue weighted by Crippen LogP contribution is 2.34. The van der Waals surface area contributed by atoms with Crippen LogP contribution >= 0.6 is 23.2 Å². The van der Waals surface area contributed by atoms with Gasteiger partial charge in [0.2, 0.25) is 0 Å². The number of hydrogen-bond donors (Lipinski definition) is 1. The molecular weight excluding hydrogens is 471 g/mol. The van der Waals surface area contributed by atoms with Gasteiger partial charge >= 0.3 is 0 Å². The van der Waals surface area contributed by atoms with Gasteiger partial charge in [-0.25, -0.2) is 8.42 Å². The van der Waals surface area contributed by atoms with Crippen molar-refractivity contribution in [2.24, 2.45) is 0 Å². The Morgan fingerprint density at radius 2 is 1.81 bits per heavy atom. The molecule has 0 amide bonds. The molecule has 3 aromatic rings. The first-order chi connectivity index (χ1) is 15.3. The fourth-order valence-corrected chi connectivity index (χ4v) is 4.97. The molecule has 1 unspecified atom stereocenters. The van der Waals surface area contributed by atoms with Gasteiger partial charge in [0.1, 0.15) is 28.2 Å². The van der Waals surface area contributed by atoms with Crippen LogP contribution in [0, 0.1) is 0 Å². The summed E-state index contributed by atoms with van der Waals surface area (Å²) in [5.74, 6) is 1.06. The molecule has 0 radical (unpaired) electrons. The summed E-state index contributed by atoms with van der Waals surface area (Å²) in [6.45, 7) is 1.73. The quantitative estimate of drug-likeness (QED) is 0.460. The van der Waals surface area contributed by atoms with Gasteiger partial charge in [0.25, 0.3) is 10.0 Å². The number of para-hydroxylation sites is 1. The van der Waals surface area contributed by atoms with Gasteiger partial charge in [-0.15, -0.1) is 0 Å². The van der Waals surface area contributed by atoms with Gasteiger partial charge in [0.15, 0.2) is 0 Å². The monoisotopic (exact) mass is 492 g/mol. The second kappa shape index (κ2) is 9.58. The second-order valence-electron chi connectivity index (χ2n) is 7.55. The van der Waals surface area contributed by atoms with E-state index in [-0.39, 0.29) is 16.7 Å². The smallest absolute Gasteiger partial charge is 0.265 e. The summed E-state index contributed by atoms with van der Waals surface area (Å²) in [7, 11) is -1.93. The number of rotatable bonds is 7. The molecule has 1 saturated heterocycles. The van der Waals surface area contributed by atoms with Gasteiger partial charge in [-0.05, 0) is 55.9 Å². The van der Waals surface area contributed by atoms with E-state index in [1.807, 2.05) is 7.05 Å². The van der Waals surface area contributed by atoms with Crippen molar-refractivity contribution >= 4 is 38.9 Å². The number of ether oxygens (including phenoxy) is 2. The number of likely N-dealkylation sites (N-methyl/N-ethyl adjacent to an activating group) is 1. The van der Waals surface area contributed by atoms with Gasteiger partial charge in [-0.2, -0.15) is 0 Å². The van der Waals surface area contributed by atoms with Crippen molar-refractivity contribution < 1.29 is 17.9 Å². The van der Waals surface area contributed by atoms with E-state index in [1.54, 1.807) is 60.7 Å². The standard InChI is InChI=1S/C23H22Cl2N2O4S/c1-27-12-11-19(15-27)31-22-14-17(9-10-20(22)25)26-32(28,29)23-8-3-2-7-21(23)30-18-6-4-5-16(24)13-18/h2-10,13-14,19,26H,11-12,15H2,1H3. The number of sulfonamides is 1. The van der Waals surface area contributed by atoms with Crippen LogP contribution in [0.3, 0.4) is 0 Å². The van der Waals surface area contributed by atoms with Crippen molar-refractivity contribution in [2.45, 2.75) is 17.4 Å². The highest BCUT2D eigenvalue weighted by molar-refractivity contribution is 7.92. The number of hydrogen-bond acceptors (Lipinski definition) is 5. The summed E-state index contributed by atoms with van der Waals surface area (Å²) in [6, 6.07) is 17.9. The van der Waals surface area contributed by atoms with Crippen LogP contribution in [-0.2, 0) is 10.0 Å². The largest absolute Gasteiger partial charge is 0.487 e. The molecule has 6 nitrogen and oxygen atoms in total. The summed E-state index contributed by atoms with van der Waals surface area (Å²) in [5.41, 5.74) is 0.341. The fraction of sp³-hybridized carbons (Fsp3) is 0.217. The molecule has 0 bridgehead atoms. The number of likely N-dealkylation sites (tertiary alicyclic amines) is 1. The van der Waals surface area contributed by atoms with Crippen LogP contribution in [0.5, 0.6) is 17.2 Å². The van der Waals surface area contributed by atoms with Crippen LogP contribution in [0.1, 0.15) is 6.42 Å². The zero-order chi connectivity index (χ0) is 22.7. The average molecular weight is 493 g/mol. The molecule has 1 atom stereocenters. The Balaban J connectivity index is 1.57. The predicted molar refractivity (Wildman–Crippen MR) is 127 cm³/mol. The van der Waals surface area contributed by atoms with Gasteiger partial charge in [0, 0.05) is 24.2 Å². The summed E-state index contributed by atoms with van der Waals surface area (Å²) in [6.07, 6.45) is 0.896. The lowest BCUT2D eigenvalue weighted by atomic mass is 10.3. The van der Waals surface area contributed by atoms with E-state index in [0.717, 1.165) is 19.5 Å². The lowest BCUT2D eigenvalue weighted by molar-refractivity contribution is 0.208. The maximum absolute atomic E-state index is 13.2. The number of anilines is 1. The Labute approximate surface area is 197 Å². The first-order valence-electron chi connectivity index (χ1n) is 10.0. The van der Waals surface area contributed by atoms with Crippen molar-refractivity contribution in [3.05, 3.63) is 76.8 Å². The lowest BCUT2D eigenvalue weighted by Crippen LogP contribution is -2.21. The Bertz CT molecular complexity index is 1220. The third-order valence-corrected chi connectivity index (χ3v) is 6.96. The van der Waals surface area contributed by atoms with E-state index < -0.39 is 10.0 Å². The van der Waals surface area contributed by atoms with Gasteiger partial charge < -0.3 is 14.4 Å². The number of halogens is 2. The molecule has 0 aromatic heterocycles. The number of benzene rings is 3. The normalized spacial score (nSPS) is 16.7. The van der Waals surface area contributed by atoms with Crippen LogP contribution < -0.4 is 14.2 Å². The fourth-order valence-electron chi connectivity index (χ4n) is 3.45. The van der Waals surface area contributed by atoms with Crippen molar-refractivity contribution in [1.29, 1.82) is 0 Å².